The lowest BCUT2D eigenvalue weighted by Gasteiger charge is -1.74. The standard InChI is InChI=1S/C3H7NS2/c1-6(2)3(4)5/h5H,1-2,4H2. The summed E-state index contributed by atoms with van der Waals surface area (Å²) in [5, 5.41) is 0. The molecule has 0 atom stereocenters. The summed E-state index contributed by atoms with van der Waals surface area (Å²) < 4.78 is 0.509. The van der Waals surface area contributed by atoms with Crippen LogP contribution in [0.1, 0.15) is 0 Å². The van der Waals surface area contributed by atoms with Crippen LogP contribution in [0.4, 0.5) is 0 Å². The molecule has 0 heterocycles. The van der Waals surface area contributed by atoms with Gasteiger partial charge in [0.2, 0.25) is 0 Å². The van der Waals surface area contributed by atoms with Crippen molar-refractivity contribution in [1.29, 1.82) is 0 Å². The van der Waals surface area contributed by atoms with Gasteiger partial charge in [-0.15, -0.1) is 12.6 Å². The van der Waals surface area contributed by atoms with Crippen molar-refractivity contribution in [3.8, 4) is 0 Å². The normalized spacial score (nSPS) is 7.67. The zero-order chi connectivity index (χ0) is 5.15. The summed E-state index contributed by atoms with van der Waals surface area (Å²) in [5.74, 6) is 7.03. The maximum absolute atomic E-state index is 5.10. The van der Waals surface area contributed by atoms with Gasteiger partial charge in [-0.3, -0.25) is 5.73 Å². The molecule has 0 rings (SSSR count). The second-order valence-corrected chi connectivity index (χ2v) is 3.04. The van der Waals surface area contributed by atoms with Gasteiger partial charge in [0.25, 0.3) is 0 Å². The minimum absolute atomic E-state index is 0.309. The number of thiol groups is 1. The number of rotatable bonds is 0. The number of hydrogen-bond acceptors (Lipinski definition) is 0. The average molecular weight is 121 g/mol. The fourth-order valence-electron chi connectivity index (χ4n) is 0. The fraction of sp³-hybridized carbons (Fsp3) is 0. The average Bonchev–Trinajstić information content (AvgIpc) is 1.36. The van der Waals surface area contributed by atoms with E-state index in [-0.39, 0.29) is 9.66 Å². The molecule has 6 heavy (non-hydrogen) atoms. The van der Waals surface area contributed by atoms with Gasteiger partial charge >= 0.3 is 0 Å². The van der Waals surface area contributed by atoms with Gasteiger partial charge in [0, 0.05) is 0 Å². The first-order valence-electron chi connectivity index (χ1n) is 1.29. The molecule has 0 saturated carbocycles. The predicted molar refractivity (Wildman–Crippen MR) is 40.0 cm³/mol. The quantitative estimate of drug-likeness (QED) is 0.345. The van der Waals surface area contributed by atoms with Crippen molar-refractivity contribution in [3.05, 3.63) is 0 Å². The largest absolute Gasteiger partial charge is 0.289 e. The molecular formula is C3H7NS2. The van der Waals surface area contributed by atoms with E-state index in [4.69, 9.17) is 5.73 Å². The maximum atomic E-state index is 5.10. The molecule has 36 valence electrons. The fourth-order valence-corrected chi connectivity index (χ4v) is 0. The summed E-state index contributed by atoms with van der Waals surface area (Å²) >= 11 is 3.77. The minimum Gasteiger partial charge on any atom is -0.289 e. The van der Waals surface area contributed by atoms with Crippen LogP contribution in [0.5, 0.6) is 0 Å². The first kappa shape index (κ1) is 6.14. The highest BCUT2D eigenvalue weighted by Gasteiger charge is 1.61. The van der Waals surface area contributed by atoms with Crippen LogP contribution in [-0.4, -0.2) is 16.1 Å². The topological polar surface area (TPSA) is 26.0 Å². The Bertz CT molecular complexity index is 140. The van der Waals surface area contributed by atoms with Crippen LogP contribution in [0, 0.1) is 0 Å². The van der Waals surface area contributed by atoms with E-state index in [1.54, 1.807) is 0 Å². The lowest BCUT2D eigenvalue weighted by Crippen LogP contribution is -1.96. The highest BCUT2D eigenvalue weighted by Crippen LogP contribution is 1.77. The third-order valence-corrected chi connectivity index (χ3v) is 1.66. The molecule has 1 nitrogen and oxygen atoms in total. The van der Waals surface area contributed by atoms with E-state index in [1.165, 1.54) is 0 Å². The minimum atomic E-state index is -0.309. The molecule has 0 aliphatic heterocycles. The summed E-state index contributed by atoms with van der Waals surface area (Å²) in [5.41, 5.74) is 5.10. The molecule has 0 amide bonds. The second-order valence-electron chi connectivity index (χ2n) is 0.831. The van der Waals surface area contributed by atoms with Gasteiger partial charge in [-0.2, -0.15) is 9.66 Å². The molecule has 0 radical (unpaired) electrons. The van der Waals surface area contributed by atoms with Crippen molar-refractivity contribution in [2.45, 2.75) is 0 Å². The molecule has 0 aromatic heterocycles. The zero-order valence-electron chi connectivity index (χ0n) is 3.35. The molecule has 3 heteroatoms. The van der Waals surface area contributed by atoms with Crippen LogP contribution in [0.25, 0.3) is 0 Å². The highest BCUT2D eigenvalue weighted by atomic mass is 32.2. The van der Waals surface area contributed by atoms with Crippen LogP contribution >= 0.6 is 22.3 Å². The lowest BCUT2D eigenvalue weighted by molar-refractivity contribution is 1.91. The van der Waals surface area contributed by atoms with Gasteiger partial charge in [-0.05, 0) is 0 Å². The highest BCUT2D eigenvalue weighted by molar-refractivity contribution is 8.24. The Morgan fingerprint density at radius 1 is 1.67 bits per heavy atom. The van der Waals surface area contributed by atoms with Crippen LogP contribution in [0.2, 0.25) is 0 Å². The summed E-state index contributed by atoms with van der Waals surface area (Å²) in [4.78, 5) is 0. The molecule has 0 unspecified atom stereocenters. The van der Waals surface area contributed by atoms with Crippen molar-refractivity contribution in [3.63, 3.8) is 0 Å². The lowest BCUT2D eigenvalue weighted by atomic mass is 11.5. The van der Waals surface area contributed by atoms with E-state index in [9.17, 15) is 0 Å². The van der Waals surface area contributed by atoms with E-state index < -0.39 is 0 Å². The molecule has 0 saturated heterocycles. The predicted octanol–water partition coefficient (Wildman–Crippen LogP) is 0.0952. The number of nitrogens with two attached hydrogens (primary N) is 1. The molecule has 0 bridgehead atoms. The monoisotopic (exact) mass is 121 g/mol. The van der Waals surface area contributed by atoms with Gasteiger partial charge in [-0.25, -0.2) is 0 Å². The van der Waals surface area contributed by atoms with E-state index in [2.05, 4.69) is 24.4 Å². The van der Waals surface area contributed by atoms with Crippen molar-refractivity contribution < 1.29 is 0 Å². The van der Waals surface area contributed by atoms with Crippen LogP contribution in [0.15, 0.2) is 0 Å². The second kappa shape index (κ2) is 2.34. The van der Waals surface area contributed by atoms with Gasteiger partial charge in [0.05, 0.1) is 4.32 Å². The Labute approximate surface area is 44.7 Å². The number of hydrogen-bond donors (Lipinski definition) is 2. The molecular weight excluding hydrogens is 114 g/mol. The van der Waals surface area contributed by atoms with Gasteiger partial charge in [0.15, 0.2) is 0 Å². The van der Waals surface area contributed by atoms with Crippen molar-refractivity contribution in [2.24, 2.45) is 5.73 Å². The van der Waals surface area contributed by atoms with E-state index in [1.807, 2.05) is 0 Å². The molecule has 0 fully saturated rings. The maximum Gasteiger partial charge on any atom is 0.0872 e. The zero-order valence-corrected chi connectivity index (χ0v) is 5.06. The van der Waals surface area contributed by atoms with E-state index in [0.717, 1.165) is 0 Å². The van der Waals surface area contributed by atoms with Crippen LogP contribution < -0.4 is 5.73 Å². The Kier molecular flexibility index (Phi) is 2.39. The molecule has 2 N–H and O–H groups in total. The third kappa shape index (κ3) is 2.38. The molecule has 0 spiro atoms. The first-order chi connectivity index (χ1) is 2.64. The van der Waals surface area contributed by atoms with E-state index in [0.29, 0.717) is 4.32 Å². The molecule has 0 aliphatic carbocycles. The Morgan fingerprint density at radius 2 is 1.83 bits per heavy atom. The summed E-state index contributed by atoms with van der Waals surface area (Å²) in [6, 6.07) is 0. The Morgan fingerprint density at radius 3 is 1.83 bits per heavy atom. The Balaban J connectivity index is 4.58. The SMILES string of the molecule is C=S(=C)=C(N)S. The van der Waals surface area contributed by atoms with Crippen LogP contribution in [0.3, 0.4) is 0 Å². The molecule has 0 aromatic rings. The van der Waals surface area contributed by atoms with Gasteiger partial charge < -0.3 is 0 Å². The summed E-state index contributed by atoms with van der Waals surface area (Å²) in [7, 11) is -0.309. The smallest absolute Gasteiger partial charge is 0.0872 e. The first-order valence-corrected chi connectivity index (χ1v) is 3.30. The van der Waals surface area contributed by atoms with Crippen molar-refractivity contribution >= 4 is 38.4 Å². The molecule has 0 aromatic carbocycles. The molecule has 0 aliphatic rings. The van der Waals surface area contributed by atoms with Crippen molar-refractivity contribution in [1.82, 2.24) is 0 Å². The van der Waals surface area contributed by atoms with Gasteiger partial charge in [0.1, 0.15) is 0 Å². The summed E-state index contributed by atoms with van der Waals surface area (Å²) in [6.07, 6.45) is 0. The van der Waals surface area contributed by atoms with E-state index >= 15 is 0 Å². The third-order valence-electron chi connectivity index (χ3n) is 0.296. The van der Waals surface area contributed by atoms with Gasteiger partial charge in [-0.1, -0.05) is 11.7 Å². The Hall–Kier alpha value is 0.140. The summed E-state index contributed by atoms with van der Waals surface area (Å²) in [6.45, 7) is 0. The van der Waals surface area contributed by atoms with Crippen LogP contribution in [-0.2, 0) is 0 Å². The van der Waals surface area contributed by atoms with Crippen molar-refractivity contribution in [2.75, 3.05) is 0 Å².